The van der Waals surface area contributed by atoms with Crippen LogP contribution in [0.5, 0.6) is 5.75 Å². The van der Waals surface area contributed by atoms with E-state index >= 15 is 0 Å². The predicted octanol–water partition coefficient (Wildman–Crippen LogP) is 13.9. The predicted molar refractivity (Wildman–Crippen MR) is 236 cm³/mol. The van der Waals surface area contributed by atoms with E-state index in [1.807, 2.05) is 6.08 Å². The average molecular weight is 714 g/mol. The second kappa shape index (κ2) is 15.2. The second-order valence-corrected chi connectivity index (χ2v) is 14.8. The Kier molecular flexibility index (Phi) is 9.83. The van der Waals surface area contributed by atoms with Crippen LogP contribution in [0, 0.1) is 0 Å². The van der Waals surface area contributed by atoms with Gasteiger partial charge in [-0.25, -0.2) is 0 Å². The molecule has 8 rings (SSSR count). The van der Waals surface area contributed by atoms with Crippen molar-refractivity contribution < 1.29 is 4.74 Å². The van der Waals surface area contributed by atoms with Gasteiger partial charge in [-0.1, -0.05) is 166 Å². The Morgan fingerprint density at radius 1 is 0.782 bits per heavy atom. The van der Waals surface area contributed by atoms with Crippen LogP contribution in [0.2, 0.25) is 0 Å². The van der Waals surface area contributed by atoms with Gasteiger partial charge in [0.05, 0.1) is 5.69 Å². The van der Waals surface area contributed by atoms with E-state index in [2.05, 4.69) is 209 Å². The monoisotopic (exact) mass is 713 g/mol. The summed E-state index contributed by atoms with van der Waals surface area (Å²) in [5, 5.41) is 4.78. The molecule has 0 N–H and O–H groups in total. The third kappa shape index (κ3) is 6.70. The minimum Gasteiger partial charge on any atom is -0.489 e. The van der Waals surface area contributed by atoms with Gasteiger partial charge in [0, 0.05) is 33.8 Å². The van der Waals surface area contributed by atoms with Crippen LogP contribution in [0.1, 0.15) is 49.9 Å². The van der Waals surface area contributed by atoms with Crippen molar-refractivity contribution in [3.8, 4) is 16.9 Å². The molecule has 0 spiro atoms. The lowest BCUT2D eigenvalue weighted by Gasteiger charge is -2.28. The fourth-order valence-corrected chi connectivity index (χ4v) is 8.34. The molecule has 55 heavy (non-hydrogen) atoms. The first-order valence-corrected chi connectivity index (χ1v) is 19.3. The van der Waals surface area contributed by atoms with E-state index < -0.39 is 0 Å². The Labute approximate surface area is 326 Å². The first kappa shape index (κ1) is 35.6. The average Bonchev–Trinajstić information content (AvgIpc) is 3.51. The maximum atomic E-state index is 6.46. The zero-order valence-electron chi connectivity index (χ0n) is 32.2. The summed E-state index contributed by atoms with van der Waals surface area (Å²) in [7, 11) is 0. The number of nitrogens with zero attached hydrogens (tertiary/aromatic N) is 1. The number of benzene rings is 6. The van der Waals surface area contributed by atoms with Crippen LogP contribution in [0.4, 0.5) is 5.69 Å². The highest BCUT2D eigenvalue weighted by Gasteiger charge is 2.37. The second-order valence-electron chi connectivity index (χ2n) is 14.8. The molecule has 6 aromatic carbocycles. The van der Waals surface area contributed by atoms with Crippen molar-refractivity contribution in [2.24, 2.45) is 0 Å². The molecule has 0 saturated carbocycles. The molecular weight excluding hydrogens is 667 g/mol. The van der Waals surface area contributed by atoms with Crippen LogP contribution >= 0.6 is 0 Å². The molecule has 6 aromatic rings. The minimum atomic E-state index is -0.124. The molecule has 2 nitrogen and oxygen atoms in total. The Morgan fingerprint density at radius 3 is 2.36 bits per heavy atom. The zero-order valence-corrected chi connectivity index (χ0v) is 32.2. The molecule has 0 amide bonds. The van der Waals surface area contributed by atoms with Crippen LogP contribution in [-0.2, 0) is 11.8 Å². The van der Waals surface area contributed by atoms with E-state index in [1.54, 1.807) is 0 Å². The number of ether oxygens (including phenoxy) is 1. The van der Waals surface area contributed by atoms with Crippen molar-refractivity contribution in [2.45, 2.75) is 39.5 Å². The van der Waals surface area contributed by atoms with E-state index in [0.717, 1.165) is 51.2 Å². The molecule has 0 radical (unpaired) electrons. The van der Waals surface area contributed by atoms with E-state index in [1.165, 1.54) is 44.0 Å². The van der Waals surface area contributed by atoms with E-state index in [4.69, 9.17) is 4.74 Å². The van der Waals surface area contributed by atoms with E-state index in [9.17, 15) is 0 Å². The molecule has 1 aliphatic carbocycles. The quantitative estimate of drug-likeness (QED) is 0.146. The molecule has 0 aromatic heterocycles. The highest BCUT2D eigenvalue weighted by molar-refractivity contribution is 5.93. The fraction of sp³-hybridized carbons (Fsp3) is 0.132. The normalized spacial score (nSPS) is 16.9. The summed E-state index contributed by atoms with van der Waals surface area (Å²) in [5.41, 5.74) is 13.1. The van der Waals surface area contributed by atoms with E-state index in [-0.39, 0.29) is 5.41 Å². The van der Waals surface area contributed by atoms with Crippen molar-refractivity contribution in [3.63, 3.8) is 0 Å². The topological polar surface area (TPSA) is 12.5 Å². The first-order valence-electron chi connectivity index (χ1n) is 19.3. The Bertz CT molecular complexity index is 2640. The number of hydrogen-bond donors (Lipinski definition) is 0. The van der Waals surface area contributed by atoms with Gasteiger partial charge in [-0.3, -0.25) is 0 Å². The lowest BCUT2D eigenvalue weighted by atomic mass is 9.82. The van der Waals surface area contributed by atoms with Crippen LogP contribution < -0.4 is 9.64 Å². The molecule has 0 saturated heterocycles. The largest absolute Gasteiger partial charge is 0.489 e. The highest BCUT2D eigenvalue weighted by Crippen LogP contribution is 2.52. The Morgan fingerprint density at radius 2 is 1.53 bits per heavy atom. The molecule has 1 aliphatic heterocycles. The third-order valence-electron chi connectivity index (χ3n) is 11.1. The van der Waals surface area contributed by atoms with E-state index in [0.29, 0.717) is 6.61 Å². The van der Waals surface area contributed by atoms with Gasteiger partial charge in [0.25, 0.3) is 0 Å². The third-order valence-corrected chi connectivity index (χ3v) is 11.1. The van der Waals surface area contributed by atoms with Gasteiger partial charge in [0.2, 0.25) is 0 Å². The summed E-state index contributed by atoms with van der Waals surface area (Å²) >= 11 is 0. The number of allylic oxidation sites excluding steroid dienone is 11. The number of rotatable bonds is 8. The van der Waals surface area contributed by atoms with Crippen LogP contribution in [0.25, 0.3) is 38.2 Å². The summed E-state index contributed by atoms with van der Waals surface area (Å²) in [4.78, 5) is 2.39. The summed E-state index contributed by atoms with van der Waals surface area (Å²) in [5.74, 6) is 0.967. The SMILES string of the molecule is C=C/C=C(\C=C\N(/C(C)=C(/C=C\C)C1=C\Cc2ccc3ccccc3c2OC\C=C/1)c1cccc2c1-c1ccccc1C2(C)C)c1ccc2ccccc2c1. The highest BCUT2D eigenvalue weighted by atomic mass is 16.5. The van der Waals surface area contributed by atoms with Crippen molar-refractivity contribution >= 4 is 32.8 Å². The number of anilines is 1. The van der Waals surface area contributed by atoms with Crippen molar-refractivity contribution in [3.05, 3.63) is 222 Å². The fourth-order valence-electron chi connectivity index (χ4n) is 8.34. The molecule has 1 heterocycles. The zero-order chi connectivity index (χ0) is 37.9. The Hall–Kier alpha value is -6.38. The lowest BCUT2D eigenvalue weighted by Crippen LogP contribution is -2.18. The van der Waals surface area contributed by atoms with Crippen LogP contribution in [-0.4, -0.2) is 6.61 Å². The van der Waals surface area contributed by atoms with Gasteiger partial charge >= 0.3 is 0 Å². The molecule has 0 unspecified atom stereocenters. The Balaban J connectivity index is 1.31. The number of fused-ring (bicyclic) bond motifs is 7. The summed E-state index contributed by atoms with van der Waals surface area (Å²) in [6, 6.07) is 43.8. The first-order chi connectivity index (χ1) is 26.9. The smallest absolute Gasteiger partial charge is 0.131 e. The maximum absolute atomic E-state index is 6.46. The van der Waals surface area contributed by atoms with Gasteiger partial charge < -0.3 is 9.64 Å². The molecular formula is C53H47NO. The van der Waals surface area contributed by atoms with Gasteiger partial charge in [0.15, 0.2) is 0 Å². The van der Waals surface area contributed by atoms with Crippen molar-refractivity contribution in [1.29, 1.82) is 0 Å². The van der Waals surface area contributed by atoms with Gasteiger partial charge in [0.1, 0.15) is 12.4 Å². The molecule has 0 atom stereocenters. The summed E-state index contributed by atoms with van der Waals surface area (Å²) in [6.45, 7) is 13.6. The molecule has 2 aliphatic rings. The molecule has 0 fully saturated rings. The summed E-state index contributed by atoms with van der Waals surface area (Å²) in [6.07, 6.45) is 20.3. The van der Waals surface area contributed by atoms with Crippen LogP contribution in [0.15, 0.2) is 200 Å². The molecule has 0 bridgehead atoms. The minimum absolute atomic E-state index is 0.124. The lowest BCUT2D eigenvalue weighted by molar-refractivity contribution is 0.364. The van der Waals surface area contributed by atoms with Crippen molar-refractivity contribution in [1.82, 2.24) is 0 Å². The number of hydrogen-bond acceptors (Lipinski definition) is 2. The van der Waals surface area contributed by atoms with Gasteiger partial charge in [-0.05, 0) is 99.7 Å². The van der Waals surface area contributed by atoms with Gasteiger partial charge in [-0.2, -0.15) is 0 Å². The van der Waals surface area contributed by atoms with Gasteiger partial charge in [-0.15, -0.1) is 0 Å². The maximum Gasteiger partial charge on any atom is 0.131 e. The summed E-state index contributed by atoms with van der Waals surface area (Å²) < 4.78 is 6.46. The molecule has 270 valence electrons. The standard InChI is InChI=1S/C53H47NO/c1-6-16-38(44-32-27-39-18-8-9-20-43(39)36-44)33-34-54(50-26-14-25-49-51(50)47-23-12-13-24-48(47)53(49,4)5)37(3)45(17-7-2)40-21-15-35-55-52-42(30-28-40)31-29-41-19-10-11-22-46(41)52/h6-29,31-34,36H,1,30,35H2,2-5H3/b17-7-,21-15-,34-33+,38-16+,40-28+,45-37-. The molecule has 2 heteroatoms. The van der Waals surface area contributed by atoms with Crippen molar-refractivity contribution in [2.75, 3.05) is 11.5 Å². The van der Waals surface area contributed by atoms with Crippen LogP contribution in [0.3, 0.4) is 0 Å².